The van der Waals surface area contributed by atoms with Crippen LogP contribution in [-0.2, 0) is 9.47 Å². The highest BCUT2D eigenvalue weighted by molar-refractivity contribution is 9.10. The van der Waals surface area contributed by atoms with Gasteiger partial charge in [-0.15, -0.1) is 0 Å². The lowest BCUT2D eigenvalue weighted by atomic mass is 10.1. The summed E-state index contributed by atoms with van der Waals surface area (Å²) in [6, 6.07) is 8.74. The number of nitrogens with zero attached hydrogens (tertiary/aromatic N) is 1. The smallest absolute Gasteiger partial charge is 0.159 e. The zero-order valence-electron chi connectivity index (χ0n) is 10.9. The summed E-state index contributed by atoms with van der Waals surface area (Å²) in [4.78, 5) is 2.32. The Kier molecular flexibility index (Phi) is 5.18. The normalized spacial score (nSPS) is 18.4. The van der Waals surface area contributed by atoms with Gasteiger partial charge in [-0.25, -0.2) is 0 Å². The van der Waals surface area contributed by atoms with Crippen molar-refractivity contribution in [3.63, 3.8) is 0 Å². The van der Waals surface area contributed by atoms with Crippen LogP contribution in [0.5, 0.6) is 0 Å². The Morgan fingerprint density at radius 2 is 2.00 bits per heavy atom. The van der Waals surface area contributed by atoms with Gasteiger partial charge in [0.25, 0.3) is 0 Å². The van der Waals surface area contributed by atoms with Crippen LogP contribution in [0.2, 0.25) is 0 Å². The number of hydrogen-bond donors (Lipinski definition) is 0. The Morgan fingerprint density at radius 1 is 1.33 bits per heavy atom. The molecule has 1 atom stereocenters. The number of benzene rings is 1. The summed E-state index contributed by atoms with van der Waals surface area (Å²) in [5, 5.41) is 0. The van der Waals surface area contributed by atoms with Gasteiger partial charge in [0.15, 0.2) is 6.29 Å². The summed E-state index contributed by atoms with van der Waals surface area (Å²) in [5.41, 5.74) is 1.31. The van der Waals surface area contributed by atoms with E-state index in [1.54, 1.807) is 0 Å². The number of ether oxygens (including phenoxy) is 2. The van der Waals surface area contributed by atoms with Crippen LogP contribution in [0.25, 0.3) is 0 Å². The summed E-state index contributed by atoms with van der Waals surface area (Å²) in [6.07, 6.45) is 0.907. The van der Waals surface area contributed by atoms with Crippen molar-refractivity contribution < 1.29 is 9.47 Å². The molecule has 0 radical (unpaired) electrons. The fourth-order valence-corrected chi connectivity index (χ4v) is 2.74. The van der Waals surface area contributed by atoms with Crippen LogP contribution in [0.15, 0.2) is 28.7 Å². The Hall–Kier alpha value is -0.420. The average molecular weight is 314 g/mol. The van der Waals surface area contributed by atoms with Gasteiger partial charge in [-0.1, -0.05) is 34.1 Å². The summed E-state index contributed by atoms with van der Waals surface area (Å²) in [7, 11) is 2.14. The zero-order chi connectivity index (χ0) is 13.0. The fraction of sp³-hybridized carbons (Fsp3) is 0.571. The molecule has 0 amide bonds. The van der Waals surface area contributed by atoms with Crippen molar-refractivity contribution in [3.8, 4) is 0 Å². The van der Waals surface area contributed by atoms with E-state index < -0.39 is 0 Å². The molecular weight excluding hydrogens is 294 g/mol. The van der Waals surface area contributed by atoms with Crippen molar-refractivity contribution in [1.82, 2.24) is 4.90 Å². The molecule has 0 aromatic heterocycles. The first-order valence-corrected chi connectivity index (χ1v) is 7.15. The molecule has 0 N–H and O–H groups in total. The molecule has 2 rings (SSSR count). The van der Waals surface area contributed by atoms with Gasteiger partial charge in [-0.05, 0) is 25.6 Å². The third-order valence-corrected chi connectivity index (χ3v) is 4.15. The molecule has 18 heavy (non-hydrogen) atoms. The molecule has 4 heteroatoms. The van der Waals surface area contributed by atoms with Crippen LogP contribution in [0.4, 0.5) is 0 Å². The van der Waals surface area contributed by atoms with Crippen LogP contribution in [-0.4, -0.2) is 38.0 Å². The Morgan fingerprint density at radius 3 is 2.67 bits per heavy atom. The first-order valence-electron chi connectivity index (χ1n) is 6.36. The van der Waals surface area contributed by atoms with Crippen LogP contribution in [0.1, 0.15) is 24.9 Å². The molecule has 0 unspecified atom stereocenters. The van der Waals surface area contributed by atoms with E-state index in [4.69, 9.17) is 9.47 Å². The van der Waals surface area contributed by atoms with Crippen molar-refractivity contribution >= 4 is 15.9 Å². The van der Waals surface area contributed by atoms with Crippen LogP contribution < -0.4 is 0 Å². The van der Waals surface area contributed by atoms with Gasteiger partial charge in [0.05, 0.1) is 13.2 Å². The molecule has 1 fully saturated rings. The molecule has 1 aromatic carbocycles. The minimum Gasteiger partial charge on any atom is -0.350 e. The summed E-state index contributed by atoms with van der Waals surface area (Å²) >= 11 is 3.61. The predicted molar refractivity (Wildman–Crippen MR) is 75.5 cm³/mol. The molecule has 0 spiro atoms. The molecular formula is C14H20BrNO2. The topological polar surface area (TPSA) is 21.7 Å². The third kappa shape index (κ3) is 3.54. The Balaban J connectivity index is 1.88. The molecule has 1 saturated heterocycles. The summed E-state index contributed by atoms with van der Waals surface area (Å²) in [6.45, 7) is 4.64. The summed E-state index contributed by atoms with van der Waals surface area (Å²) < 4.78 is 12.1. The largest absolute Gasteiger partial charge is 0.350 e. The highest BCUT2D eigenvalue weighted by atomic mass is 79.9. The maximum atomic E-state index is 5.45. The van der Waals surface area contributed by atoms with E-state index in [2.05, 4.69) is 53.0 Å². The molecule has 1 aliphatic heterocycles. The standard InChI is InChI=1S/C14H20BrNO2/c1-11(12-5-3-4-6-13(12)15)16(2)8-7-14-17-9-10-18-14/h3-6,11,14H,7-10H2,1-2H3/t11-/m0/s1. The van der Waals surface area contributed by atoms with Crippen molar-refractivity contribution in [3.05, 3.63) is 34.3 Å². The van der Waals surface area contributed by atoms with Crippen LogP contribution in [0, 0.1) is 0 Å². The molecule has 100 valence electrons. The Bertz CT molecular complexity index is 380. The average Bonchev–Trinajstić information content (AvgIpc) is 2.89. The van der Waals surface area contributed by atoms with Gasteiger partial charge in [0.1, 0.15) is 0 Å². The Labute approximate surface area is 117 Å². The third-order valence-electron chi connectivity index (χ3n) is 3.42. The van der Waals surface area contributed by atoms with Gasteiger partial charge in [0, 0.05) is 23.5 Å². The van der Waals surface area contributed by atoms with E-state index in [0.717, 1.165) is 30.7 Å². The van der Waals surface area contributed by atoms with E-state index in [1.807, 2.05) is 6.07 Å². The van der Waals surface area contributed by atoms with E-state index in [-0.39, 0.29) is 6.29 Å². The van der Waals surface area contributed by atoms with Gasteiger partial charge in [-0.3, -0.25) is 4.90 Å². The van der Waals surface area contributed by atoms with E-state index in [0.29, 0.717) is 6.04 Å². The van der Waals surface area contributed by atoms with Crippen LogP contribution >= 0.6 is 15.9 Å². The number of hydrogen-bond acceptors (Lipinski definition) is 3. The second-order valence-corrected chi connectivity index (χ2v) is 5.49. The highest BCUT2D eigenvalue weighted by Gasteiger charge is 2.19. The predicted octanol–water partition coefficient (Wildman–Crippen LogP) is 3.20. The second-order valence-electron chi connectivity index (χ2n) is 4.64. The van der Waals surface area contributed by atoms with E-state index >= 15 is 0 Å². The van der Waals surface area contributed by atoms with Crippen molar-refractivity contribution in [2.45, 2.75) is 25.7 Å². The van der Waals surface area contributed by atoms with Crippen molar-refractivity contribution in [2.24, 2.45) is 0 Å². The van der Waals surface area contributed by atoms with Gasteiger partial charge < -0.3 is 9.47 Å². The number of halogens is 1. The molecule has 3 nitrogen and oxygen atoms in total. The van der Waals surface area contributed by atoms with Gasteiger partial charge in [0.2, 0.25) is 0 Å². The lowest BCUT2D eigenvalue weighted by Gasteiger charge is -2.26. The first kappa shape index (κ1) is 14.0. The van der Waals surface area contributed by atoms with Crippen LogP contribution in [0.3, 0.4) is 0 Å². The second kappa shape index (κ2) is 6.66. The lowest BCUT2D eigenvalue weighted by Crippen LogP contribution is -2.27. The highest BCUT2D eigenvalue weighted by Crippen LogP contribution is 2.26. The van der Waals surface area contributed by atoms with Gasteiger partial charge in [-0.2, -0.15) is 0 Å². The van der Waals surface area contributed by atoms with E-state index in [1.165, 1.54) is 5.56 Å². The zero-order valence-corrected chi connectivity index (χ0v) is 12.5. The molecule has 1 aliphatic rings. The monoisotopic (exact) mass is 313 g/mol. The van der Waals surface area contributed by atoms with Gasteiger partial charge >= 0.3 is 0 Å². The van der Waals surface area contributed by atoms with Crippen molar-refractivity contribution in [2.75, 3.05) is 26.8 Å². The molecule has 1 aromatic rings. The number of rotatable bonds is 5. The molecule has 0 saturated carbocycles. The van der Waals surface area contributed by atoms with Crippen molar-refractivity contribution in [1.29, 1.82) is 0 Å². The summed E-state index contributed by atoms with van der Waals surface area (Å²) in [5.74, 6) is 0. The minimum absolute atomic E-state index is 0.0149. The maximum Gasteiger partial charge on any atom is 0.159 e. The lowest BCUT2D eigenvalue weighted by molar-refractivity contribution is -0.0518. The van der Waals surface area contributed by atoms with E-state index in [9.17, 15) is 0 Å². The molecule has 1 heterocycles. The maximum absolute atomic E-state index is 5.45. The first-order chi connectivity index (χ1) is 8.68. The fourth-order valence-electron chi connectivity index (χ4n) is 2.13. The molecule has 0 aliphatic carbocycles. The minimum atomic E-state index is -0.0149. The quantitative estimate of drug-likeness (QED) is 0.833. The SMILES string of the molecule is C[C@@H](c1ccccc1Br)N(C)CCC1OCCO1. The molecule has 0 bridgehead atoms.